The highest BCUT2D eigenvalue weighted by Crippen LogP contribution is 2.57. The predicted octanol–water partition coefficient (Wildman–Crippen LogP) is 3.90. The molecule has 24 heavy (non-hydrogen) atoms. The maximum absolute atomic E-state index is 10.4. The number of ether oxygens (including phenoxy) is 1. The van der Waals surface area contributed by atoms with Gasteiger partial charge in [-0.1, -0.05) is 39.0 Å². The first kappa shape index (κ1) is 17.5. The van der Waals surface area contributed by atoms with E-state index in [4.69, 9.17) is 4.74 Å². The zero-order valence-electron chi connectivity index (χ0n) is 15.5. The average Bonchev–Trinajstić information content (AvgIpc) is 2.52. The Morgan fingerprint density at radius 3 is 2.88 bits per heavy atom. The molecule has 1 fully saturated rings. The van der Waals surface area contributed by atoms with E-state index in [1.54, 1.807) is 0 Å². The lowest BCUT2D eigenvalue weighted by atomic mass is 9.51. The number of phenolic OH excluding ortho intramolecular Hbond substituents is 1. The SMILES string of the molecule is C=CCOC(C)CN1CCC2(C)c3cccc(O)c3C[C@@H]1C2(C)C. The van der Waals surface area contributed by atoms with Gasteiger partial charge in [0.15, 0.2) is 0 Å². The fourth-order valence-corrected chi connectivity index (χ4v) is 4.87. The molecular formula is C21H31NO2. The van der Waals surface area contributed by atoms with Gasteiger partial charge in [-0.25, -0.2) is 0 Å². The molecule has 1 aromatic carbocycles. The molecule has 3 nitrogen and oxygen atoms in total. The number of nitrogens with zero attached hydrogens (tertiary/aromatic N) is 1. The highest BCUT2D eigenvalue weighted by Gasteiger charge is 2.56. The molecule has 0 amide bonds. The minimum atomic E-state index is 0.103. The van der Waals surface area contributed by atoms with E-state index in [9.17, 15) is 5.11 Å². The van der Waals surface area contributed by atoms with Crippen LogP contribution in [0.2, 0.25) is 0 Å². The third-order valence-electron chi connectivity index (χ3n) is 6.73. The fourth-order valence-electron chi connectivity index (χ4n) is 4.87. The lowest BCUT2D eigenvalue weighted by Crippen LogP contribution is -2.64. The van der Waals surface area contributed by atoms with Crippen molar-refractivity contribution in [3.05, 3.63) is 42.0 Å². The number of likely N-dealkylation sites (tertiary alicyclic amines) is 1. The van der Waals surface area contributed by atoms with Crippen molar-refractivity contribution in [2.45, 2.75) is 58.1 Å². The molecule has 132 valence electrons. The molecule has 1 aliphatic heterocycles. The number of hydrogen-bond donors (Lipinski definition) is 1. The molecule has 3 heteroatoms. The third-order valence-corrected chi connectivity index (χ3v) is 6.73. The Morgan fingerprint density at radius 1 is 1.42 bits per heavy atom. The van der Waals surface area contributed by atoms with Crippen LogP contribution in [0.5, 0.6) is 5.75 Å². The number of phenols is 1. The standard InChI is InChI=1S/C21H31NO2/c1-6-12-24-15(2)14-22-11-10-21(5)17-8-7-9-18(23)16(17)13-19(22)20(21,3)4/h6-9,15,19,23H,1,10-14H2,2-5H3/t15?,19-,21?/m1/s1. The van der Waals surface area contributed by atoms with Crippen LogP contribution in [-0.4, -0.2) is 41.8 Å². The normalized spacial score (nSPS) is 29.8. The number of fused-ring (bicyclic) bond motifs is 4. The number of aromatic hydroxyl groups is 1. The topological polar surface area (TPSA) is 32.7 Å². The monoisotopic (exact) mass is 329 g/mol. The molecule has 2 unspecified atom stereocenters. The Bertz CT molecular complexity index is 624. The van der Waals surface area contributed by atoms with Gasteiger partial charge in [-0.2, -0.15) is 0 Å². The number of benzene rings is 1. The molecule has 3 rings (SSSR count). The van der Waals surface area contributed by atoms with Crippen LogP contribution >= 0.6 is 0 Å². The van der Waals surface area contributed by atoms with Crippen LogP contribution in [0.1, 0.15) is 45.2 Å². The molecule has 2 bridgehead atoms. The van der Waals surface area contributed by atoms with E-state index in [0.717, 1.165) is 31.5 Å². The van der Waals surface area contributed by atoms with Gasteiger partial charge in [-0.05, 0) is 48.9 Å². The maximum atomic E-state index is 10.4. The second kappa shape index (κ2) is 6.20. The summed E-state index contributed by atoms with van der Waals surface area (Å²) in [5.41, 5.74) is 2.75. The van der Waals surface area contributed by atoms with Crippen LogP contribution in [0.15, 0.2) is 30.9 Å². The largest absolute Gasteiger partial charge is 0.508 e. The van der Waals surface area contributed by atoms with Gasteiger partial charge in [0.1, 0.15) is 5.75 Å². The van der Waals surface area contributed by atoms with Gasteiger partial charge in [0.25, 0.3) is 0 Å². The average molecular weight is 329 g/mol. The number of rotatable bonds is 5. The summed E-state index contributed by atoms with van der Waals surface area (Å²) in [5, 5.41) is 10.4. The quantitative estimate of drug-likeness (QED) is 0.832. The molecule has 3 atom stereocenters. The predicted molar refractivity (Wildman–Crippen MR) is 98.5 cm³/mol. The Morgan fingerprint density at radius 2 is 2.17 bits per heavy atom. The molecule has 0 radical (unpaired) electrons. The Labute approximate surface area is 146 Å². The van der Waals surface area contributed by atoms with Crippen molar-refractivity contribution in [2.24, 2.45) is 5.41 Å². The fraction of sp³-hybridized carbons (Fsp3) is 0.619. The summed E-state index contributed by atoms with van der Waals surface area (Å²) in [6.07, 6.45) is 4.02. The van der Waals surface area contributed by atoms with Crippen molar-refractivity contribution < 1.29 is 9.84 Å². The maximum Gasteiger partial charge on any atom is 0.119 e. The molecule has 1 saturated heterocycles. The summed E-state index contributed by atoms with van der Waals surface area (Å²) in [7, 11) is 0. The summed E-state index contributed by atoms with van der Waals surface area (Å²) in [6, 6.07) is 6.47. The van der Waals surface area contributed by atoms with Crippen molar-refractivity contribution in [1.82, 2.24) is 4.90 Å². The van der Waals surface area contributed by atoms with Crippen molar-refractivity contribution in [3.63, 3.8) is 0 Å². The van der Waals surface area contributed by atoms with Crippen molar-refractivity contribution in [3.8, 4) is 5.75 Å². The first-order valence-corrected chi connectivity index (χ1v) is 9.09. The summed E-state index contributed by atoms with van der Waals surface area (Å²) < 4.78 is 5.81. The summed E-state index contributed by atoms with van der Waals surface area (Å²) in [6.45, 7) is 15.7. The lowest BCUT2D eigenvalue weighted by Gasteiger charge is -2.61. The van der Waals surface area contributed by atoms with Crippen LogP contribution < -0.4 is 0 Å². The number of hydrogen-bond acceptors (Lipinski definition) is 3. The molecule has 0 saturated carbocycles. The van der Waals surface area contributed by atoms with E-state index in [1.807, 2.05) is 18.2 Å². The van der Waals surface area contributed by atoms with Gasteiger partial charge in [-0.15, -0.1) is 6.58 Å². The molecule has 1 aromatic rings. The second-order valence-electron chi connectivity index (χ2n) is 8.25. The highest BCUT2D eigenvalue weighted by atomic mass is 16.5. The first-order chi connectivity index (χ1) is 11.3. The zero-order chi connectivity index (χ0) is 17.5. The Balaban J connectivity index is 1.92. The highest BCUT2D eigenvalue weighted by molar-refractivity contribution is 5.48. The van der Waals surface area contributed by atoms with E-state index in [0.29, 0.717) is 18.4 Å². The van der Waals surface area contributed by atoms with Crippen molar-refractivity contribution in [1.29, 1.82) is 0 Å². The second-order valence-corrected chi connectivity index (χ2v) is 8.25. The van der Waals surface area contributed by atoms with Gasteiger partial charge in [0, 0.05) is 18.0 Å². The number of piperidine rings is 1. The van der Waals surface area contributed by atoms with Gasteiger partial charge in [-0.3, -0.25) is 4.90 Å². The molecule has 1 N–H and O–H groups in total. The molecular weight excluding hydrogens is 298 g/mol. The minimum absolute atomic E-state index is 0.103. The van der Waals surface area contributed by atoms with Crippen LogP contribution in [-0.2, 0) is 16.6 Å². The van der Waals surface area contributed by atoms with E-state index in [-0.39, 0.29) is 16.9 Å². The molecule has 0 aromatic heterocycles. The Hall–Kier alpha value is -1.32. The van der Waals surface area contributed by atoms with E-state index in [1.165, 1.54) is 5.56 Å². The third kappa shape index (κ3) is 2.58. The lowest BCUT2D eigenvalue weighted by molar-refractivity contribution is -0.0601. The van der Waals surface area contributed by atoms with Crippen LogP contribution in [0.4, 0.5) is 0 Å². The van der Waals surface area contributed by atoms with Crippen LogP contribution in [0.3, 0.4) is 0 Å². The van der Waals surface area contributed by atoms with Crippen LogP contribution in [0, 0.1) is 5.41 Å². The molecule has 1 aliphatic carbocycles. The first-order valence-electron chi connectivity index (χ1n) is 9.09. The Kier molecular flexibility index (Phi) is 4.52. The summed E-state index contributed by atoms with van der Waals surface area (Å²) >= 11 is 0. The van der Waals surface area contributed by atoms with Gasteiger partial charge < -0.3 is 9.84 Å². The molecule has 2 aliphatic rings. The molecule has 0 spiro atoms. The van der Waals surface area contributed by atoms with E-state index >= 15 is 0 Å². The van der Waals surface area contributed by atoms with Gasteiger partial charge in [0.2, 0.25) is 0 Å². The summed E-state index contributed by atoms with van der Waals surface area (Å²) in [5.74, 6) is 0.456. The summed E-state index contributed by atoms with van der Waals surface area (Å²) in [4.78, 5) is 2.57. The van der Waals surface area contributed by atoms with Gasteiger partial charge >= 0.3 is 0 Å². The van der Waals surface area contributed by atoms with E-state index < -0.39 is 0 Å². The smallest absolute Gasteiger partial charge is 0.119 e. The van der Waals surface area contributed by atoms with Crippen molar-refractivity contribution >= 4 is 0 Å². The van der Waals surface area contributed by atoms with Gasteiger partial charge in [0.05, 0.1) is 12.7 Å². The van der Waals surface area contributed by atoms with Crippen LogP contribution in [0.25, 0.3) is 0 Å². The zero-order valence-corrected chi connectivity index (χ0v) is 15.5. The van der Waals surface area contributed by atoms with E-state index in [2.05, 4.69) is 45.2 Å². The molecule has 1 heterocycles. The van der Waals surface area contributed by atoms with Crippen molar-refractivity contribution in [2.75, 3.05) is 19.7 Å². The minimum Gasteiger partial charge on any atom is -0.508 e.